The molecule has 8 heteroatoms. The first kappa shape index (κ1) is 17.2. The molecule has 2 aromatic heterocycles. The van der Waals surface area contributed by atoms with E-state index in [-0.39, 0.29) is 13.0 Å². The predicted molar refractivity (Wildman–Crippen MR) is 82.8 cm³/mol. The van der Waals surface area contributed by atoms with Crippen molar-refractivity contribution in [2.24, 2.45) is 0 Å². The molecule has 2 rings (SSSR count). The van der Waals surface area contributed by atoms with Crippen molar-refractivity contribution in [2.45, 2.75) is 45.0 Å². The lowest BCUT2D eigenvalue weighted by atomic mass is 10.1. The summed E-state index contributed by atoms with van der Waals surface area (Å²) in [5.74, 6) is 0.445. The highest BCUT2D eigenvalue weighted by Gasteiger charge is 2.22. The van der Waals surface area contributed by atoms with Gasteiger partial charge in [-0.2, -0.15) is 0 Å². The summed E-state index contributed by atoms with van der Waals surface area (Å²) < 4.78 is 6.70. The van der Waals surface area contributed by atoms with Crippen molar-refractivity contribution in [3.8, 4) is 0 Å². The van der Waals surface area contributed by atoms with E-state index < -0.39 is 23.9 Å². The first-order chi connectivity index (χ1) is 10.8. The number of fused-ring (bicyclic) bond motifs is 1. The van der Waals surface area contributed by atoms with Crippen LogP contribution in [0.1, 0.15) is 39.0 Å². The lowest BCUT2D eigenvalue weighted by Gasteiger charge is -2.21. The molecule has 2 heterocycles. The summed E-state index contributed by atoms with van der Waals surface area (Å²) in [6.45, 7) is 5.49. The van der Waals surface area contributed by atoms with Crippen LogP contribution in [0.25, 0.3) is 5.78 Å². The summed E-state index contributed by atoms with van der Waals surface area (Å²) in [4.78, 5) is 19.6. The molecule has 0 aliphatic carbocycles. The number of nitrogens with one attached hydrogen (secondary N) is 1. The Morgan fingerprint density at radius 2 is 2.13 bits per heavy atom. The molecule has 8 nitrogen and oxygen atoms in total. The topological polar surface area (TPSA) is 109 Å². The van der Waals surface area contributed by atoms with E-state index in [1.54, 1.807) is 43.6 Å². The van der Waals surface area contributed by atoms with Gasteiger partial charge in [0.15, 0.2) is 0 Å². The highest BCUT2D eigenvalue weighted by molar-refractivity contribution is 5.67. The zero-order valence-corrected chi connectivity index (χ0v) is 13.4. The van der Waals surface area contributed by atoms with Crippen molar-refractivity contribution < 1.29 is 19.7 Å². The van der Waals surface area contributed by atoms with Crippen molar-refractivity contribution in [1.82, 2.24) is 19.7 Å². The molecule has 1 amide bonds. The summed E-state index contributed by atoms with van der Waals surface area (Å²) in [6, 6.07) is 1.71. The quantitative estimate of drug-likeness (QED) is 0.759. The second-order valence-electron chi connectivity index (χ2n) is 6.20. The second-order valence-corrected chi connectivity index (χ2v) is 6.20. The predicted octanol–water partition coefficient (Wildman–Crippen LogP) is 1.04. The minimum absolute atomic E-state index is 0.175. The zero-order chi connectivity index (χ0) is 17.0. The van der Waals surface area contributed by atoms with Crippen molar-refractivity contribution in [3.63, 3.8) is 0 Å². The summed E-state index contributed by atoms with van der Waals surface area (Å²) in [7, 11) is 0. The van der Waals surface area contributed by atoms with Gasteiger partial charge in [0.05, 0.1) is 18.0 Å². The van der Waals surface area contributed by atoms with E-state index in [2.05, 4.69) is 15.3 Å². The van der Waals surface area contributed by atoms with Gasteiger partial charge in [-0.3, -0.25) is 4.40 Å². The Balaban J connectivity index is 1.88. The minimum atomic E-state index is -1.13. The molecule has 0 aliphatic rings. The number of carbonyl (C=O) groups is 1. The number of imidazole rings is 1. The van der Waals surface area contributed by atoms with E-state index in [0.29, 0.717) is 11.5 Å². The molecular weight excluding hydrogens is 300 g/mol. The first-order valence-electron chi connectivity index (χ1n) is 7.39. The summed E-state index contributed by atoms with van der Waals surface area (Å²) in [5.41, 5.74) is -0.135. The van der Waals surface area contributed by atoms with Crippen LogP contribution in [0.2, 0.25) is 0 Å². The summed E-state index contributed by atoms with van der Waals surface area (Å²) in [6.07, 6.45) is 2.21. The SMILES string of the molecule is CC(C)(C)OC(=O)NCCC(O)C(O)c1cnc2ncccn12. The molecule has 2 aromatic rings. The van der Waals surface area contributed by atoms with Crippen LogP contribution in [0.4, 0.5) is 4.79 Å². The van der Waals surface area contributed by atoms with Gasteiger partial charge in [-0.15, -0.1) is 0 Å². The maximum atomic E-state index is 11.5. The molecule has 0 saturated heterocycles. The number of amides is 1. The van der Waals surface area contributed by atoms with Gasteiger partial charge in [-0.1, -0.05) is 0 Å². The molecule has 0 fully saturated rings. The second kappa shape index (κ2) is 6.93. The Morgan fingerprint density at radius 3 is 2.83 bits per heavy atom. The monoisotopic (exact) mass is 322 g/mol. The van der Waals surface area contributed by atoms with Crippen LogP contribution in [0.15, 0.2) is 24.7 Å². The van der Waals surface area contributed by atoms with Gasteiger partial charge in [-0.25, -0.2) is 14.8 Å². The van der Waals surface area contributed by atoms with Gasteiger partial charge < -0.3 is 20.3 Å². The van der Waals surface area contributed by atoms with Gasteiger partial charge in [-0.05, 0) is 33.3 Å². The highest BCUT2D eigenvalue weighted by atomic mass is 16.6. The standard InChI is InChI=1S/C15H22N4O4/c1-15(2,3)23-14(22)17-7-5-11(20)12(21)10-9-18-13-16-6-4-8-19(10)13/h4,6,8-9,11-12,20-21H,5,7H2,1-3H3,(H,17,22). The number of aliphatic hydroxyl groups excluding tert-OH is 2. The maximum absolute atomic E-state index is 11.5. The van der Waals surface area contributed by atoms with Gasteiger partial charge in [0.2, 0.25) is 5.78 Å². The van der Waals surface area contributed by atoms with Crippen molar-refractivity contribution >= 4 is 11.9 Å². The third-order valence-electron chi connectivity index (χ3n) is 3.09. The Hall–Kier alpha value is -2.19. The first-order valence-corrected chi connectivity index (χ1v) is 7.39. The molecule has 0 spiro atoms. The van der Waals surface area contributed by atoms with E-state index in [0.717, 1.165) is 0 Å². The van der Waals surface area contributed by atoms with E-state index in [1.807, 2.05) is 0 Å². The normalized spacial score (nSPS) is 14.5. The Bertz CT molecular complexity index is 665. The van der Waals surface area contributed by atoms with E-state index >= 15 is 0 Å². The molecule has 0 aromatic carbocycles. The van der Waals surface area contributed by atoms with Crippen molar-refractivity contribution in [3.05, 3.63) is 30.4 Å². The third kappa shape index (κ3) is 4.64. The number of hydrogen-bond acceptors (Lipinski definition) is 6. The van der Waals surface area contributed by atoms with Crippen LogP contribution in [0.3, 0.4) is 0 Å². The fraction of sp³-hybridized carbons (Fsp3) is 0.533. The van der Waals surface area contributed by atoms with Gasteiger partial charge >= 0.3 is 6.09 Å². The number of alkyl carbamates (subject to hydrolysis) is 1. The van der Waals surface area contributed by atoms with Crippen LogP contribution in [0, 0.1) is 0 Å². The van der Waals surface area contributed by atoms with Gasteiger partial charge in [0, 0.05) is 18.9 Å². The number of carbonyl (C=O) groups excluding carboxylic acids is 1. The maximum Gasteiger partial charge on any atom is 0.407 e. The summed E-state index contributed by atoms with van der Waals surface area (Å²) >= 11 is 0. The molecule has 2 atom stereocenters. The molecule has 0 saturated carbocycles. The Labute approximate surface area is 134 Å². The molecule has 0 bridgehead atoms. The van der Waals surface area contributed by atoms with E-state index in [4.69, 9.17) is 4.74 Å². The average Bonchev–Trinajstić information content (AvgIpc) is 2.88. The molecule has 2 unspecified atom stereocenters. The smallest absolute Gasteiger partial charge is 0.407 e. The van der Waals surface area contributed by atoms with Gasteiger partial charge in [0.25, 0.3) is 0 Å². The number of nitrogens with zero attached hydrogens (tertiary/aromatic N) is 3. The fourth-order valence-corrected chi connectivity index (χ4v) is 2.06. The highest BCUT2D eigenvalue weighted by Crippen LogP contribution is 2.19. The molecular formula is C15H22N4O4. The van der Waals surface area contributed by atoms with E-state index in [9.17, 15) is 15.0 Å². The summed E-state index contributed by atoms with van der Waals surface area (Å²) in [5, 5.41) is 22.9. The molecule has 0 radical (unpaired) electrons. The lowest BCUT2D eigenvalue weighted by molar-refractivity contribution is 0.00946. The van der Waals surface area contributed by atoms with Gasteiger partial charge in [0.1, 0.15) is 11.7 Å². The fourth-order valence-electron chi connectivity index (χ4n) is 2.06. The Morgan fingerprint density at radius 1 is 1.39 bits per heavy atom. The van der Waals surface area contributed by atoms with E-state index in [1.165, 1.54) is 6.20 Å². The molecule has 126 valence electrons. The van der Waals surface area contributed by atoms with Crippen molar-refractivity contribution in [1.29, 1.82) is 0 Å². The van der Waals surface area contributed by atoms with Crippen LogP contribution in [0.5, 0.6) is 0 Å². The zero-order valence-electron chi connectivity index (χ0n) is 13.4. The number of aromatic nitrogens is 3. The number of ether oxygens (including phenoxy) is 1. The lowest BCUT2D eigenvalue weighted by Crippen LogP contribution is -2.34. The Kier molecular flexibility index (Phi) is 5.17. The van der Waals surface area contributed by atoms with Crippen LogP contribution in [-0.4, -0.2) is 48.9 Å². The van der Waals surface area contributed by atoms with Crippen molar-refractivity contribution in [2.75, 3.05) is 6.54 Å². The number of rotatable bonds is 5. The number of aliphatic hydroxyl groups is 2. The average molecular weight is 322 g/mol. The number of hydrogen-bond donors (Lipinski definition) is 3. The third-order valence-corrected chi connectivity index (χ3v) is 3.09. The molecule has 23 heavy (non-hydrogen) atoms. The van der Waals surface area contributed by atoms with Crippen LogP contribution < -0.4 is 5.32 Å². The minimum Gasteiger partial charge on any atom is -0.444 e. The molecule has 0 aliphatic heterocycles. The van der Waals surface area contributed by atoms with Crippen LogP contribution in [-0.2, 0) is 4.74 Å². The van der Waals surface area contributed by atoms with Crippen LogP contribution >= 0.6 is 0 Å². The molecule has 3 N–H and O–H groups in total. The largest absolute Gasteiger partial charge is 0.444 e.